The molecule has 1 atom stereocenters. The summed E-state index contributed by atoms with van der Waals surface area (Å²) >= 11 is 3.35. The first-order valence-electron chi connectivity index (χ1n) is 6.29. The Morgan fingerprint density at radius 1 is 1.50 bits per heavy atom. The number of hydrogen-bond acceptors (Lipinski definition) is 2. The van der Waals surface area contributed by atoms with Crippen molar-refractivity contribution in [3.63, 3.8) is 0 Å². The molecule has 0 radical (unpaired) electrons. The van der Waals surface area contributed by atoms with Gasteiger partial charge >= 0.3 is 0 Å². The molecule has 18 heavy (non-hydrogen) atoms. The van der Waals surface area contributed by atoms with Crippen LogP contribution in [0, 0.1) is 5.82 Å². The van der Waals surface area contributed by atoms with Crippen LogP contribution in [0.5, 0.6) is 0 Å². The number of methoxy groups -OCH3 is 1. The van der Waals surface area contributed by atoms with Crippen molar-refractivity contribution >= 4 is 15.9 Å². The lowest BCUT2D eigenvalue weighted by atomic mass is 9.75. The minimum absolute atomic E-state index is 0.0537. The van der Waals surface area contributed by atoms with Gasteiger partial charge in [0.2, 0.25) is 0 Å². The minimum Gasteiger partial charge on any atom is -0.378 e. The van der Waals surface area contributed by atoms with Crippen LogP contribution in [-0.2, 0) is 11.2 Å². The van der Waals surface area contributed by atoms with Crippen molar-refractivity contribution in [3.05, 3.63) is 34.1 Å². The van der Waals surface area contributed by atoms with Crippen molar-refractivity contribution < 1.29 is 9.13 Å². The van der Waals surface area contributed by atoms with Crippen molar-refractivity contribution in [1.82, 2.24) is 0 Å². The highest BCUT2D eigenvalue weighted by Gasteiger charge is 2.38. The topological polar surface area (TPSA) is 35.2 Å². The van der Waals surface area contributed by atoms with Crippen molar-refractivity contribution in [1.29, 1.82) is 0 Å². The molecule has 1 aromatic carbocycles. The summed E-state index contributed by atoms with van der Waals surface area (Å²) in [5.74, 6) is -0.186. The van der Waals surface area contributed by atoms with Crippen molar-refractivity contribution in [2.75, 3.05) is 7.11 Å². The summed E-state index contributed by atoms with van der Waals surface area (Å²) in [6.45, 7) is 0. The number of nitrogens with two attached hydrogens (primary N) is 1. The Hall–Kier alpha value is -0.450. The molecule has 4 heteroatoms. The zero-order valence-electron chi connectivity index (χ0n) is 10.6. The molecule has 1 saturated carbocycles. The second-order valence-corrected chi connectivity index (χ2v) is 6.06. The summed E-state index contributed by atoms with van der Waals surface area (Å²) in [7, 11) is 1.74. The Bertz CT molecular complexity index is 415. The highest BCUT2D eigenvalue weighted by Crippen LogP contribution is 2.39. The highest BCUT2D eigenvalue weighted by atomic mass is 79.9. The smallest absolute Gasteiger partial charge is 0.126 e. The van der Waals surface area contributed by atoms with Gasteiger partial charge in [-0.25, -0.2) is 4.39 Å². The molecule has 1 unspecified atom stereocenters. The minimum atomic E-state index is -0.186. The number of halogens is 2. The van der Waals surface area contributed by atoms with Gasteiger partial charge in [0.25, 0.3) is 0 Å². The summed E-state index contributed by atoms with van der Waals surface area (Å²) in [4.78, 5) is 0. The van der Waals surface area contributed by atoms with Gasteiger partial charge in [0.15, 0.2) is 0 Å². The lowest BCUT2D eigenvalue weighted by molar-refractivity contribution is -0.0813. The van der Waals surface area contributed by atoms with Gasteiger partial charge in [0.05, 0.1) is 5.60 Å². The van der Waals surface area contributed by atoms with E-state index in [-0.39, 0.29) is 17.5 Å². The van der Waals surface area contributed by atoms with Gasteiger partial charge in [0.1, 0.15) is 5.82 Å². The second-order valence-electron chi connectivity index (χ2n) is 5.14. The molecule has 1 aliphatic carbocycles. The SMILES string of the molecule is COC1(CC(N)Cc2cc(Br)ccc2F)CCC1. The molecule has 0 bridgehead atoms. The maximum Gasteiger partial charge on any atom is 0.126 e. The molecular weight excluding hydrogens is 297 g/mol. The maximum absolute atomic E-state index is 13.6. The van der Waals surface area contributed by atoms with Crippen molar-refractivity contribution in [2.24, 2.45) is 5.73 Å². The van der Waals surface area contributed by atoms with Crippen LogP contribution in [0.2, 0.25) is 0 Å². The monoisotopic (exact) mass is 315 g/mol. The fourth-order valence-corrected chi connectivity index (χ4v) is 3.00. The Labute approximate surface area is 116 Å². The summed E-state index contributed by atoms with van der Waals surface area (Å²) in [6.07, 6.45) is 4.69. The Balaban J connectivity index is 1.98. The zero-order valence-corrected chi connectivity index (χ0v) is 12.2. The maximum atomic E-state index is 13.6. The third kappa shape index (κ3) is 3.11. The first-order valence-corrected chi connectivity index (χ1v) is 7.09. The van der Waals surface area contributed by atoms with Crippen LogP contribution >= 0.6 is 15.9 Å². The second kappa shape index (κ2) is 5.68. The molecule has 0 heterocycles. The van der Waals surface area contributed by atoms with Crippen LogP contribution in [0.25, 0.3) is 0 Å². The largest absolute Gasteiger partial charge is 0.378 e. The van der Waals surface area contributed by atoms with E-state index < -0.39 is 0 Å². The predicted molar refractivity (Wildman–Crippen MR) is 74.0 cm³/mol. The molecule has 2 nitrogen and oxygen atoms in total. The molecule has 0 aromatic heterocycles. The van der Waals surface area contributed by atoms with Crippen molar-refractivity contribution in [3.8, 4) is 0 Å². The highest BCUT2D eigenvalue weighted by molar-refractivity contribution is 9.10. The molecule has 1 aliphatic rings. The Morgan fingerprint density at radius 2 is 2.22 bits per heavy atom. The predicted octanol–water partition coefficient (Wildman–Crippen LogP) is 3.42. The fourth-order valence-electron chi connectivity index (χ4n) is 2.59. The molecule has 0 saturated heterocycles. The lowest BCUT2D eigenvalue weighted by Crippen LogP contribution is -2.45. The Kier molecular flexibility index (Phi) is 4.41. The van der Waals surface area contributed by atoms with Crippen LogP contribution in [0.1, 0.15) is 31.2 Å². The Morgan fingerprint density at radius 3 is 2.78 bits per heavy atom. The van der Waals surface area contributed by atoms with E-state index in [0.717, 1.165) is 23.7 Å². The summed E-state index contributed by atoms with van der Waals surface area (Å²) in [5.41, 5.74) is 6.75. The van der Waals surface area contributed by atoms with E-state index in [9.17, 15) is 4.39 Å². The summed E-state index contributed by atoms with van der Waals surface area (Å²) in [6, 6.07) is 4.92. The average molecular weight is 316 g/mol. The van der Waals surface area contributed by atoms with Gasteiger partial charge < -0.3 is 10.5 Å². The average Bonchev–Trinajstić information content (AvgIpc) is 2.28. The normalized spacial score (nSPS) is 19.3. The lowest BCUT2D eigenvalue weighted by Gasteiger charge is -2.42. The van der Waals surface area contributed by atoms with Gasteiger partial charge in [-0.1, -0.05) is 15.9 Å². The van der Waals surface area contributed by atoms with E-state index >= 15 is 0 Å². The van der Waals surface area contributed by atoms with Crippen LogP contribution in [0.3, 0.4) is 0 Å². The van der Waals surface area contributed by atoms with Gasteiger partial charge in [-0.05, 0) is 55.9 Å². The van der Waals surface area contributed by atoms with Gasteiger partial charge in [-0.15, -0.1) is 0 Å². The van der Waals surface area contributed by atoms with Gasteiger partial charge in [0, 0.05) is 17.6 Å². The van der Waals surface area contributed by atoms with Crippen LogP contribution in [0.4, 0.5) is 4.39 Å². The van der Waals surface area contributed by atoms with Crippen LogP contribution < -0.4 is 5.73 Å². The molecule has 0 amide bonds. The molecular formula is C14H19BrFNO. The molecule has 1 aromatic rings. The number of ether oxygens (including phenoxy) is 1. The molecule has 0 spiro atoms. The summed E-state index contributed by atoms with van der Waals surface area (Å²) in [5, 5.41) is 0. The quantitative estimate of drug-likeness (QED) is 0.903. The first kappa shape index (κ1) is 14.0. The number of rotatable bonds is 5. The number of hydrogen-bond donors (Lipinski definition) is 1. The van der Waals surface area contributed by atoms with E-state index in [1.54, 1.807) is 19.2 Å². The molecule has 2 N–H and O–H groups in total. The van der Waals surface area contributed by atoms with Gasteiger partial charge in [-0.3, -0.25) is 0 Å². The molecule has 2 rings (SSSR count). The van der Waals surface area contributed by atoms with E-state index in [4.69, 9.17) is 10.5 Å². The van der Waals surface area contributed by atoms with E-state index in [2.05, 4.69) is 15.9 Å². The number of benzene rings is 1. The van der Waals surface area contributed by atoms with Crippen molar-refractivity contribution in [2.45, 2.75) is 43.7 Å². The van der Waals surface area contributed by atoms with Crippen LogP contribution in [-0.4, -0.2) is 18.8 Å². The van der Waals surface area contributed by atoms with Crippen LogP contribution in [0.15, 0.2) is 22.7 Å². The summed E-state index contributed by atoms with van der Waals surface area (Å²) < 4.78 is 20.1. The standard InChI is InChI=1S/C14H19BrFNO/c1-18-14(5-2-6-14)9-12(17)8-10-7-11(15)3-4-13(10)16/h3-4,7,12H,2,5-6,8-9,17H2,1H3. The third-order valence-electron chi connectivity index (χ3n) is 3.82. The first-order chi connectivity index (χ1) is 8.54. The fraction of sp³-hybridized carbons (Fsp3) is 0.571. The molecule has 1 fully saturated rings. The van der Waals surface area contributed by atoms with E-state index in [0.29, 0.717) is 12.0 Å². The third-order valence-corrected chi connectivity index (χ3v) is 4.32. The van der Waals surface area contributed by atoms with Gasteiger partial charge in [-0.2, -0.15) is 0 Å². The van der Waals surface area contributed by atoms with E-state index in [1.165, 1.54) is 12.5 Å². The zero-order chi connectivity index (χ0) is 13.2. The molecule has 100 valence electrons. The molecule has 0 aliphatic heterocycles. The van der Waals surface area contributed by atoms with E-state index in [1.807, 2.05) is 0 Å².